The maximum absolute atomic E-state index is 5.60. The maximum Gasteiger partial charge on any atom is 0.0940 e. The molecule has 3 atom stereocenters. The minimum atomic E-state index is 0.272. The number of ether oxygens (including phenoxy) is 1. The van der Waals surface area contributed by atoms with Crippen LogP contribution in [0, 0.1) is 5.92 Å². The summed E-state index contributed by atoms with van der Waals surface area (Å²) in [5, 5.41) is 3.13. The Morgan fingerprint density at radius 2 is 2.67 bits per heavy atom. The van der Waals surface area contributed by atoms with Gasteiger partial charge in [-0.15, -0.1) is 11.3 Å². The van der Waals surface area contributed by atoms with E-state index in [2.05, 4.69) is 17.3 Å². The van der Waals surface area contributed by atoms with Gasteiger partial charge in [0.25, 0.3) is 0 Å². The van der Waals surface area contributed by atoms with Crippen molar-refractivity contribution in [3.05, 3.63) is 16.6 Å². The molecule has 15 heavy (non-hydrogen) atoms. The second-order valence-electron chi connectivity index (χ2n) is 3.93. The minimum absolute atomic E-state index is 0.272. The second-order valence-corrected chi connectivity index (χ2v) is 4.91. The Morgan fingerprint density at radius 1 is 1.80 bits per heavy atom. The van der Waals surface area contributed by atoms with Gasteiger partial charge in [0.1, 0.15) is 0 Å². The monoisotopic (exact) mass is 227 g/mol. The van der Waals surface area contributed by atoms with Crippen molar-refractivity contribution < 1.29 is 4.74 Å². The number of hydrazine groups is 1. The first kappa shape index (κ1) is 11.0. The SMILES string of the molecule is CC1OCCC1C(Cc1nccs1)NN. The number of hydrogen-bond acceptors (Lipinski definition) is 5. The first-order valence-electron chi connectivity index (χ1n) is 5.27. The van der Waals surface area contributed by atoms with Gasteiger partial charge in [0.05, 0.1) is 11.1 Å². The van der Waals surface area contributed by atoms with E-state index in [1.807, 2.05) is 11.6 Å². The highest BCUT2D eigenvalue weighted by atomic mass is 32.1. The number of hydrogen-bond donors (Lipinski definition) is 2. The molecule has 0 saturated carbocycles. The largest absolute Gasteiger partial charge is 0.378 e. The quantitative estimate of drug-likeness (QED) is 0.594. The summed E-state index contributed by atoms with van der Waals surface area (Å²) >= 11 is 1.68. The molecule has 1 saturated heterocycles. The Labute approximate surface area is 93.8 Å². The second kappa shape index (κ2) is 5.03. The summed E-state index contributed by atoms with van der Waals surface area (Å²) in [7, 11) is 0. The van der Waals surface area contributed by atoms with E-state index >= 15 is 0 Å². The van der Waals surface area contributed by atoms with Gasteiger partial charge in [-0.05, 0) is 13.3 Å². The van der Waals surface area contributed by atoms with Gasteiger partial charge >= 0.3 is 0 Å². The molecule has 1 aromatic heterocycles. The highest BCUT2D eigenvalue weighted by molar-refractivity contribution is 7.09. The van der Waals surface area contributed by atoms with Crippen LogP contribution in [-0.4, -0.2) is 23.7 Å². The molecule has 3 unspecified atom stereocenters. The van der Waals surface area contributed by atoms with Crippen molar-refractivity contribution in [2.45, 2.75) is 31.9 Å². The van der Waals surface area contributed by atoms with Crippen molar-refractivity contribution in [1.29, 1.82) is 0 Å². The lowest BCUT2D eigenvalue weighted by Gasteiger charge is -2.24. The molecule has 0 aromatic carbocycles. The number of nitrogens with one attached hydrogen (secondary N) is 1. The van der Waals surface area contributed by atoms with Gasteiger partial charge in [-0.25, -0.2) is 4.98 Å². The van der Waals surface area contributed by atoms with Crippen LogP contribution in [0.2, 0.25) is 0 Å². The van der Waals surface area contributed by atoms with Crippen molar-refractivity contribution >= 4 is 11.3 Å². The summed E-state index contributed by atoms with van der Waals surface area (Å²) in [5.41, 5.74) is 2.90. The van der Waals surface area contributed by atoms with Crippen molar-refractivity contribution in [2.24, 2.45) is 11.8 Å². The number of thiazole rings is 1. The number of aromatic nitrogens is 1. The molecule has 3 N–H and O–H groups in total. The van der Waals surface area contributed by atoms with Gasteiger partial charge in [-0.3, -0.25) is 11.3 Å². The molecule has 4 nitrogen and oxygen atoms in total. The molecule has 5 heteroatoms. The highest BCUT2D eigenvalue weighted by Crippen LogP contribution is 2.25. The average molecular weight is 227 g/mol. The normalized spacial score (nSPS) is 28.1. The number of nitrogens with two attached hydrogens (primary N) is 1. The Kier molecular flexibility index (Phi) is 3.69. The molecule has 0 spiro atoms. The van der Waals surface area contributed by atoms with Gasteiger partial charge in [-0.1, -0.05) is 0 Å². The lowest BCUT2D eigenvalue weighted by Crippen LogP contribution is -2.44. The Hall–Kier alpha value is -0.490. The van der Waals surface area contributed by atoms with Crippen LogP contribution >= 0.6 is 11.3 Å². The molecule has 1 fully saturated rings. The zero-order valence-corrected chi connectivity index (χ0v) is 9.67. The fourth-order valence-electron chi connectivity index (χ4n) is 2.15. The van der Waals surface area contributed by atoms with Crippen molar-refractivity contribution in [3.8, 4) is 0 Å². The third-order valence-electron chi connectivity index (χ3n) is 3.04. The van der Waals surface area contributed by atoms with Crippen LogP contribution in [0.3, 0.4) is 0 Å². The molecule has 0 bridgehead atoms. The lowest BCUT2D eigenvalue weighted by atomic mass is 9.92. The van der Waals surface area contributed by atoms with Gasteiger partial charge in [0.2, 0.25) is 0 Å². The third-order valence-corrected chi connectivity index (χ3v) is 3.85. The van der Waals surface area contributed by atoms with E-state index in [1.54, 1.807) is 11.3 Å². The molecule has 1 aromatic rings. The smallest absolute Gasteiger partial charge is 0.0940 e. The molecule has 84 valence electrons. The first-order valence-corrected chi connectivity index (χ1v) is 6.15. The fourth-order valence-corrected chi connectivity index (χ4v) is 2.83. The molecule has 1 aliphatic rings. The summed E-state index contributed by atoms with van der Waals surface area (Å²) in [5.74, 6) is 6.10. The van der Waals surface area contributed by atoms with Crippen LogP contribution in [-0.2, 0) is 11.2 Å². The van der Waals surface area contributed by atoms with E-state index in [1.165, 1.54) is 0 Å². The minimum Gasteiger partial charge on any atom is -0.378 e. The van der Waals surface area contributed by atoms with Crippen LogP contribution < -0.4 is 11.3 Å². The molecule has 2 heterocycles. The number of rotatable bonds is 4. The molecule has 1 aliphatic heterocycles. The molecular formula is C10H17N3OS. The van der Waals surface area contributed by atoms with Crippen LogP contribution in [0.25, 0.3) is 0 Å². The predicted molar refractivity (Wildman–Crippen MR) is 60.5 cm³/mol. The van der Waals surface area contributed by atoms with Crippen molar-refractivity contribution in [2.75, 3.05) is 6.61 Å². The summed E-state index contributed by atoms with van der Waals surface area (Å²) < 4.78 is 5.55. The van der Waals surface area contributed by atoms with E-state index in [9.17, 15) is 0 Å². The Balaban J connectivity index is 1.97. The van der Waals surface area contributed by atoms with E-state index in [0.717, 1.165) is 24.5 Å². The first-order chi connectivity index (χ1) is 7.31. The predicted octanol–water partition coefficient (Wildman–Crippen LogP) is 0.942. The molecular weight excluding hydrogens is 210 g/mol. The summed E-state index contributed by atoms with van der Waals surface area (Å²) in [6, 6.07) is 0.272. The molecule has 0 radical (unpaired) electrons. The topological polar surface area (TPSA) is 60.2 Å². The van der Waals surface area contributed by atoms with E-state index in [4.69, 9.17) is 10.6 Å². The zero-order valence-electron chi connectivity index (χ0n) is 8.85. The molecule has 0 aliphatic carbocycles. The van der Waals surface area contributed by atoms with Crippen molar-refractivity contribution in [1.82, 2.24) is 10.4 Å². The zero-order chi connectivity index (χ0) is 10.7. The summed E-state index contributed by atoms with van der Waals surface area (Å²) in [6.07, 6.45) is 4.11. The van der Waals surface area contributed by atoms with Crippen LogP contribution in [0.1, 0.15) is 18.4 Å². The fraction of sp³-hybridized carbons (Fsp3) is 0.700. The average Bonchev–Trinajstić information content (AvgIpc) is 2.85. The lowest BCUT2D eigenvalue weighted by molar-refractivity contribution is 0.0954. The number of nitrogens with zero attached hydrogens (tertiary/aromatic N) is 1. The summed E-state index contributed by atoms with van der Waals surface area (Å²) in [6.45, 7) is 2.96. The summed E-state index contributed by atoms with van der Waals surface area (Å²) in [4.78, 5) is 4.28. The van der Waals surface area contributed by atoms with Gasteiger partial charge in [-0.2, -0.15) is 0 Å². The van der Waals surface area contributed by atoms with Crippen molar-refractivity contribution in [3.63, 3.8) is 0 Å². The van der Waals surface area contributed by atoms with Gasteiger partial charge in [0, 0.05) is 36.6 Å². The third kappa shape index (κ3) is 2.55. The van der Waals surface area contributed by atoms with Gasteiger partial charge in [0.15, 0.2) is 0 Å². The Morgan fingerprint density at radius 3 is 3.20 bits per heavy atom. The molecule has 2 rings (SSSR count). The van der Waals surface area contributed by atoms with E-state index in [0.29, 0.717) is 12.0 Å². The van der Waals surface area contributed by atoms with Crippen LogP contribution in [0.4, 0.5) is 0 Å². The maximum atomic E-state index is 5.60. The van der Waals surface area contributed by atoms with Gasteiger partial charge < -0.3 is 4.74 Å². The van der Waals surface area contributed by atoms with E-state index in [-0.39, 0.29) is 6.04 Å². The van der Waals surface area contributed by atoms with Crippen LogP contribution in [0.15, 0.2) is 11.6 Å². The highest BCUT2D eigenvalue weighted by Gasteiger charge is 2.31. The van der Waals surface area contributed by atoms with Crippen LogP contribution in [0.5, 0.6) is 0 Å². The van der Waals surface area contributed by atoms with E-state index < -0.39 is 0 Å². The standard InChI is InChI=1S/C10H17N3OS/c1-7-8(2-4-14-7)9(13-11)6-10-12-3-5-15-10/h3,5,7-9,13H,2,4,6,11H2,1H3. The molecule has 0 amide bonds. The Bertz CT molecular complexity index is 291.